The monoisotopic (exact) mass is 287 g/mol. The van der Waals surface area contributed by atoms with Crippen LogP contribution in [-0.2, 0) is 10.0 Å². The zero-order chi connectivity index (χ0) is 14.5. The highest BCUT2D eigenvalue weighted by Crippen LogP contribution is 2.31. The minimum absolute atomic E-state index is 0.105. The van der Waals surface area contributed by atoms with Crippen LogP contribution in [0.15, 0.2) is 17.0 Å². The van der Waals surface area contributed by atoms with Gasteiger partial charge in [-0.3, -0.25) is 0 Å². The van der Waals surface area contributed by atoms with Crippen molar-refractivity contribution in [3.05, 3.63) is 17.7 Å². The first kappa shape index (κ1) is 15.8. The number of sulfonamides is 1. The summed E-state index contributed by atoms with van der Waals surface area (Å²) < 4.78 is 37.3. The van der Waals surface area contributed by atoms with Gasteiger partial charge in [-0.15, -0.1) is 0 Å². The number of methoxy groups -OCH3 is 2. The number of rotatable bonds is 7. The van der Waals surface area contributed by atoms with Crippen molar-refractivity contribution in [2.24, 2.45) is 0 Å². The van der Waals surface area contributed by atoms with Gasteiger partial charge >= 0.3 is 0 Å². The van der Waals surface area contributed by atoms with Crippen molar-refractivity contribution in [3.63, 3.8) is 0 Å². The van der Waals surface area contributed by atoms with E-state index in [1.54, 1.807) is 6.07 Å². The topological polar surface area (TPSA) is 64.6 Å². The van der Waals surface area contributed by atoms with E-state index in [9.17, 15) is 8.42 Å². The average Bonchev–Trinajstić information content (AvgIpc) is 2.38. The van der Waals surface area contributed by atoms with Crippen LogP contribution in [0.1, 0.15) is 25.3 Å². The Morgan fingerprint density at radius 2 is 1.79 bits per heavy atom. The molecule has 0 aliphatic rings. The van der Waals surface area contributed by atoms with Crippen LogP contribution in [0.4, 0.5) is 0 Å². The summed E-state index contributed by atoms with van der Waals surface area (Å²) in [6.45, 7) is 4.25. The molecule has 0 amide bonds. The lowest BCUT2D eigenvalue weighted by molar-refractivity contribution is 0.389. The molecule has 0 aliphatic heterocycles. The summed E-state index contributed by atoms with van der Waals surface area (Å²) in [4.78, 5) is 0.105. The summed E-state index contributed by atoms with van der Waals surface area (Å²) in [5, 5.41) is 0. The number of nitrogens with one attached hydrogen (secondary N) is 1. The lowest BCUT2D eigenvalue weighted by atomic mass is 10.2. The molecule has 1 aromatic rings. The second kappa shape index (κ2) is 6.77. The minimum atomic E-state index is -3.58. The van der Waals surface area contributed by atoms with Gasteiger partial charge in [0.15, 0.2) is 0 Å². The molecule has 19 heavy (non-hydrogen) atoms. The summed E-state index contributed by atoms with van der Waals surface area (Å²) in [5.41, 5.74) is 0.826. The number of ether oxygens (including phenoxy) is 2. The molecule has 0 fully saturated rings. The van der Waals surface area contributed by atoms with Crippen molar-refractivity contribution in [1.82, 2.24) is 4.72 Å². The van der Waals surface area contributed by atoms with Gasteiger partial charge in [0.2, 0.25) is 10.0 Å². The highest BCUT2D eigenvalue weighted by atomic mass is 32.2. The van der Waals surface area contributed by atoms with E-state index in [2.05, 4.69) is 4.72 Å². The summed E-state index contributed by atoms with van der Waals surface area (Å²) in [5.74, 6) is 0.846. The summed E-state index contributed by atoms with van der Waals surface area (Å²) in [6.07, 6.45) is 1.72. The molecule has 0 saturated carbocycles. The molecule has 1 N–H and O–H groups in total. The maximum Gasteiger partial charge on any atom is 0.244 e. The number of hydrogen-bond donors (Lipinski definition) is 1. The van der Waals surface area contributed by atoms with Gasteiger partial charge in [0, 0.05) is 12.6 Å². The van der Waals surface area contributed by atoms with Gasteiger partial charge in [-0.1, -0.05) is 13.3 Å². The quantitative estimate of drug-likeness (QED) is 0.780. The van der Waals surface area contributed by atoms with E-state index < -0.39 is 10.0 Å². The van der Waals surface area contributed by atoms with Crippen LogP contribution < -0.4 is 14.2 Å². The van der Waals surface area contributed by atoms with Crippen LogP contribution in [0.5, 0.6) is 11.5 Å². The first-order valence-corrected chi connectivity index (χ1v) is 7.66. The van der Waals surface area contributed by atoms with Crippen molar-refractivity contribution in [1.29, 1.82) is 0 Å². The Hall–Kier alpha value is -1.27. The fraction of sp³-hybridized carbons (Fsp3) is 0.538. The number of aryl methyl sites for hydroxylation is 1. The highest BCUT2D eigenvalue weighted by Gasteiger charge is 2.21. The van der Waals surface area contributed by atoms with Crippen molar-refractivity contribution in [3.8, 4) is 11.5 Å². The molecule has 0 heterocycles. The fourth-order valence-electron chi connectivity index (χ4n) is 1.69. The Balaban J connectivity index is 3.16. The van der Waals surface area contributed by atoms with Gasteiger partial charge in [0.25, 0.3) is 0 Å². The minimum Gasteiger partial charge on any atom is -0.496 e. The van der Waals surface area contributed by atoms with E-state index in [0.29, 0.717) is 18.0 Å². The molecule has 0 radical (unpaired) electrons. The Morgan fingerprint density at radius 1 is 1.16 bits per heavy atom. The van der Waals surface area contributed by atoms with Crippen LogP contribution in [-0.4, -0.2) is 29.2 Å². The van der Waals surface area contributed by atoms with Crippen LogP contribution in [0, 0.1) is 6.92 Å². The van der Waals surface area contributed by atoms with Crippen LogP contribution in [0.3, 0.4) is 0 Å². The second-order valence-corrected chi connectivity index (χ2v) is 5.96. The third-order valence-electron chi connectivity index (χ3n) is 2.79. The second-order valence-electron chi connectivity index (χ2n) is 4.22. The Labute approximate surface area is 115 Å². The van der Waals surface area contributed by atoms with Crippen molar-refractivity contribution in [2.45, 2.75) is 31.6 Å². The van der Waals surface area contributed by atoms with Gasteiger partial charge in [-0.25, -0.2) is 13.1 Å². The van der Waals surface area contributed by atoms with E-state index in [0.717, 1.165) is 18.4 Å². The lowest BCUT2D eigenvalue weighted by Crippen LogP contribution is -2.25. The van der Waals surface area contributed by atoms with E-state index in [1.165, 1.54) is 20.3 Å². The first-order valence-electron chi connectivity index (χ1n) is 6.18. The molecule has 6 heteroatoms. The number of hydrogen-bond acceptors (Lipinski definition) is 4. The largest absolute Gasteiger partial charge is 0.496 e. The van der Waals surface area contributed by atoms with Crippen LogP contribution in [0.2, 0.25) is 0 Å². The Bertz CT molecular complexity index is 526. The van der Waals surface area contributed by atoms with Gasteiger partial charge < -0.3 is 9.47 Å². The molecule has 0 spiro atoms. The van der Waals surface area contributed by atoms with Gasteiger partial charge in [0.05, 0.1) is 14.2 Å². The van der Waals surface area contributed by atoms with E-state index in [4.69, 9.17) is 9.47 Å². The maximum atomic E-state index is 12.2. The van der Waals surface area contributed by atoms with Gasteiger partial charge in [-0.2, -0.15) is 0 Å². The lowest BCUT2D eigenvalue weighted by Gasteiger charge is -2.13. The SMILES string of the molecule is CCCCNS(=O)(=O)c1cc(OC)c(C)cc1OC. The van der Waals surface area contributed by atoms with Gasteiger partial charge in [-0.05, 0) is 25.0 Å². The van der Waals surface area contributed by atoms with E-state index in [-0.39, 0.29) is 4.90 Å². The third kappa shape index (κ3) is 3.84. The molecular formula is C13H21NO4S. The maximum absolute atomic E-state index is 12.2. The number of benzene rings is 1. The molecule has 0 unspecified atom stereocenters. The van der Waals surface area contributed by atoms with Crippen molar-refractivity contribution in [2.75, 3.05) is 20.8 Å². The third-order valence-corrected chi connectivity index (χ3v) is 4.28. The Morgan fingerprint density at radius 3 is 2.32 bits per heavy atom. The predicted molar refractivity (Wildman–Crippen MR) is 74.4 cm³/mol. The fourth-order valence-corrected chi connectivity index (χ4v) is 2.93. The summed E-state index contributed by atoms with van der Waals surface area (Å²) in [6, 6.07) is 3.15. The van der Waals surface area contributed by atoms with Crippen molar-refractivity contribution < 1.29 is 17.9 Å². The molecule has 5 nitrogen and oxygen atoms in total. The normalized spacial score (nSPS) is 11.4. The zero-order valence-electron chi connectivity index (χ0n) is 11.8. The van der Waals surface area contributed by atoms with Crippen LogP contribution >= 0.6 is 0 Å². The van der Waals surface area contributed by atoms with E-state index >= 15 is 0 Å². The summed E-state index contributed by atoms with van der Waals surface area (Å²) >= 11 is 0. The van der Waals surface area contributed by atoms with Gasteiger partial charge in [0.1, 0.15) is 16.4 Å². The van der Waals surface area contributed by atoms with Crippen molar-refractivity contribution >= 4 is 10.0 Å². The Kier molecular flexibility index (Phi) is 5.62. The molecular weight excluding hydrogens is 266 g/mol. The molecule has 0 bridgehead atoms. The average molecular weight is 287 g/mol. The first-order chi connectivity index (χ1) is 8.96. The molecule has 108 valence electrons. The molecule has 1 rings (SSSR count). The highest BCUT2D eigenvalue weighted by molar-refractivity contribution is 7.89. The molecule has 0 saturated heterocycles. The molecule has 0 aliphatic carbocycles. The molecule has 1 aromatic carbocycles. The summed E-state index contributed by atoms with van der Waals surface area (Å²) in [7, 11) is -0.619. The van der Waals surface area contributed by atoms with Crippen LogP contribution in [0.25, 0.3) is 0 Å². The molecule has 0 atom stereocenters. The zero-order valence-corrected chi connectivity index (χ0v) is 12.6. The van der Waals surface area contributed by atoms with E-state index in [1.807, 2.05) is 13.8 Å². The standard InChI is InChI=1S/C13H21NO4S/c1-5-6-7-14-19(15,16)13-9-11(17-3)10(2)8-12(13)18-4/h8-9,14H,5-7H2,1-4H3. The smallest absolute Gasteiger partial charge is 0.244 e. The predicted octanol–water partition coefficient (Wildman–Crippen LogP) is 2.09. The molecule has 0 aromatic heterocycles. The number of unbranched alkanes of at least 4 members (excludes halogenated alkanes) is 1.